The van der Waals surface area contributed by atoms with Crippen molar-refractivity contribution < 1.29 is 19.7 Å². The molecule has 0 aliphatic heterocycles. The third-order valence-electron chi connectivity index (χ3n) is 3.74. The van der Waals surface area contributed by atoms with Crippen molar-refractivity contribution >= 4 is 22.6 Å². The van der Waals surface area contributed by atoms with E-state index >= 15 is 0 Å². The smallest absolute Gasteiger partial charge is 0.342 e. The van der Waals surface area contributed by atoms with Crippen molar-refractivity contribution in [3.05, 3.63) is 65.2 Å². The molecule has 7 heteroatoms. The van der Waals surface area contributed by atoms with E-state index in [1.807, 2.05) is 12.1 Å². The fourth-order valence-electron chi connectivity index (χ4n) is 2.42. The van der Waals surface area contributed by atoms with E-state index in [4.69, 9.17) is 4.74 Å². The summed E-state index contributed by atoms with van der Waals surface area (Å²) in [4.78, 5) is 19.3. The minimum Gasteiger partial charge on any atom is -0.507 e. The third kappa shape index (κ3) is 3.35. The molecule has 1 heterocycles. The molecule has 0 spiro atoms. The summed E-state index contributed by atoms with van der Waals surface area (Å²) in [6.07, 6.45) is 0. The highest BCUT2D eigenvalue weighted by Gasteiger charge is 2.17. The number of carbonyl (C=O) groups excluding carboxylic acids is 1. The Kier molecular flexibility index (Phi) is 4.58. The molecule has 0 saturated carbocycles. The number of hydrogen-bond donors (Lipinski definition) is 3. The number of allylic oxidation sites excluding steroid dienone is 1. The van der Waals surface area contributed by atoms with Crippen molar-refractivity contribution in [3.8, 4) is 11.8 Å². The van der Waals surface area contributed by atoms with E-state index in [0.29, 0.717) is 11.0 Å². The zero-order valence-electron chi connectivity index (χ0n) is 13.9. The fraction of sp³-hybridized carbons (Fsp3) is 0.105. The van der Waals surface area contributed by atoms with Gasteiger partial charge in [-0.25, -0.2) is 9.78 Å². The van der Waals surface area contributed by atoms with Crippen LogP contribution in [0.4, 0.5) is 0 Å². The number of nitrogens with zero attached hydrogens (tertiary/aromatic N) is 2. The van der Waals surface area contributed by atoms with E-state index in [9.17, 15) is 20.3 Å². The summed E-state index contributed by atoms with van der Waals surface area (Å²) in [6.45, 7) is 1.25. The van der Waals surface area contributed by atoms with Crippen molar-refractivity contribution in [2.24, 2.45) is 0 Å². The molecular formula is C19H15N3O4. The van der Waals surface area contributed by atoms with Crippen LogP contribution in [0.1, 0.15) is 21.7 Å². The van der Waals surface area contributed by atoms with Gasteiger partial charge in [0, 0.05) is 0 Å². The molecule has 1 aromatic heterocycles. The largest absolute Gasteiger partial charge is 0.507 e. The van der Waals surface area contributed by atoms with Gasteiger partial charge < -0.3 is 19.9 Å². The quantitative estimate of drug-likeness (QED) is 0.378. The number of esters is 1. The molecule has 2 aromatic carbocycles. The average Bonchev–Trinajstić information content (AvgIpc) is 3.06. The van der Waals surface area contributed by atoms with Gasteiger partial charge in [0.2, 0.25) is 0 Å². The van der Waals surface area contributed by atoms with Crippen LogP contribution in [-0.4, -0.2) is 32.8 Å². The fourth-order valence-corrected chi connectivity index (χ4v) is 2.42. The number of aliphatic hydroxyl groups excluding tert-OH is 1. The molecule has 0 radical (unpaired) electrons. The highest BCUT2D eigenvalue weighted by atomic mass is 16.5. The number of aromatic nitrogens is 2. The minimum atomic E-state index is -0.806. The van der Waals surface area contributed by atoms with Gasteiger partial charge in [-0.2, -0.15) is 5.26 Å². The molecule has 0 aliphatic rings. The van der Waals surface area contributed by atoms with E-state index in [2.05, 4.69) is 9.97 Å². The van der Waals surface area contributed by atoms with E-state index in [-0.39, 0.29) is 22.7 Å². The number of carbonyl (C=O) groups is 1. The molecule has 0 fully saturated rings. The topological polar surface area (TPSA) is 119 Å². The van der Waals surface area contributed by atoms with E-state index in [1.165, 1.54) is 12.1 Å². The number of phenols is 1. The first kappa shape index (κ1) is 17.0. The number of H-pyrrole nitrogens is 1. The number of imidazole rings is 1. The standard InChI is InChI=1S/C19H15N3O4/c1-11-6-7-16(23)12(8-11)19(25)26-10-17(24)13(9-20)18-21-14-4-2-3-5-15(14)22-18/h2-8,23-24H,10H2,1H3,(H,21,22)/b17-13-. The SMILES string of the molecule is Cc1ccc(O)c(C(=O)OC/C(O)=C(\C#N)c2nc3ccccc3[nH]2)c1. The molecular weight excluding hydrogens is 334 g/mol. The normalized spacial score (nSPS) is 11.7. The molecule has 26 heavy (non-hydrogen) atoms. The molecule has 3 aromatic rings. The third-order valence-corrected chi connectivity index (χ3v) is 3.74. The van der Waals surface area contributed by atoms with Crippen LogP contribution < -0.4 is 0 Å². The maximum absolute atomic E-state index is 12.1. The van der Waals surface area contributed by atoms with Gasteiger partial charge in [-0.3, -0.25) is 0 Å². The lowest BCUT2D eigenvalue weighted by molar-refractivity contribution is 0.0499. The van der Waals surface area contributed by atoms with E-state index in [1.54, 1.807) is 31.2 Å². The zero-order valence-corrected chi connectivity index (χ0v) is 13.9. The number of nitriles is 1. The molecule has 0 saturated heterocycles. The first-order valence-electron chi connectivity index (χ1n) is 7.73. The summed E-state index contributed by atoms with van der Waals surface area (Å²) >= 11 is 0. The van der Waals surface area contributed by atoms with Crippen molar-refractivity contribution in [2.45, 2.75) is 6.92 Å². The maximum Gasteiger partial charge on any atom is 0.342 e. The number of phenolic OH excluding ortho intramolecular Hbond substituents is 1. The van der Waals surface area contributed by atoms with Crippen LogP contribution in [0.2, 0.25) is 0 Å². The molecule has 0 aliphatic carbocycles. The second-order valence-corrected chi connectivity index (χ2v) is 5.63. The van der Waals surface area contributed by atoms with Crippen LogP contribution in [0, 0.1) is 18.3 Å². The van der Waals surface area contributed by atoms with E-state index < -0.39 is 18.3 Å². The lowest BCUT2D eigenvalue weighted by atomic mass is 10.1. The number of fused-ring (bicyclic) bond motifs is 1. The van der Waals surface area contributed by atoms with Gasteiger partial charge in [0.1, 0.15) is 29.6 Å². The average molecular weight is 349 g/mol. The Bertz CT molecular complexity index is 1030. The summed E-state index contributed by atoms with van der Waals surface area (Å²) in [7, 11) is 0. The molecule has 130 valence electrons. The Morgan fingerprint density at radius 2 is 2.08 bits per heavy atom. The van der Waals surface area contributed by atoms with Gasteiger partial charge in [-0.1, -0.05) is 23.8 Å². The highest BCUT2D eigenvalue weighted by molar-refractivity contribution is 5.92. The Morgan fingerprint density at radius 1 is 1.31 bits per heavy atom. The number of rotatable bonds is 4. The zero-order chi connectivity index (χ0) is 18.7. The number of para-hydroxylation sites is 2. The number of aryl methyl sites for hydroxylation is 1. The number of aromatic amines is 1. The van der Waals surface area contributed by atoms with Gasteiger partial charge >= 0.3 is 5.97 Å². The summed E-state index contributed by atoms with van der Waals surface area (Å²) in [5.74, 6) is -1.28. The van der Waals surface area contributed by atoms with Crippen LogP contribution in [-0.2, 0) is 4.74 Å². The minimum absolute atomic E-state index is 0.0138. The molecule has 0 amide bonds. The second kappa shape index (κ2) is 6.99. The van der Waals surface area contributed by atoms with Gasteiger partial charge in [-0.05, 0) is 31.2 Å². The van der Waals surface area contributed by atoms with Gasteiger partial charge in [0.05, 0.1) is 11.0 Å². The summed E-state index contributed by atoms with van der Waals surface area (Å²) in [5, 5.41) is 29.2. The van der Waals surface area contributed by atoms with Crippen LogP contribution in [0.5, 0.6) is 5.75 Å². The summed E-state index contributed by atoms with van der Waals surface area (Å²) < 4.78 is 5.00. The first-order chi connectivity index (χ1) is 12.5. The van der Waals surface area contributed by atoms with Crippen molar-refractivity contribution in [1.29, 1.82) is 5.26 Å². The predicted molar refractivity (Wildman–Crippen MR) is 94.4 cm³/mol. The van der Waals surface area contributed by atoms with Crippen molar-refractivity contribution in [3.63, 3.8) is 0 Å². The highest BCUT2D eigenvalue weighted by Crippen LogP contribution is 2.21. The lowest BCUT2D eigenvalue weighted by Gasteiger charge is -2.07. The van der Waals surface area contributed by atoms with Crippen LogP contribution in [0.25, 0.3) is 16.6 Å². The molecule has 3 N–H and O–H groups in total. The Labute approximate surface area is 148 Å². The van der Waals surface area contributed by atoms with Crippen LogP contribution in [0.15, 0.2) is 48.2 Å². The van der Waals surface area contributed by atoms with Crippen molar-refractivity contribution in [1.82, 2.24) is 9.97 Å². The van der Waals surface area contributed by atoms with Crippen molar-refractivity contribution in [2.75, 3.05) is 6.61 Å². The summed E-state index contributed by atoms with van der Waals surface area (Å²) in [5.41, 5.74) is 1.99. The molecule has 0 unspecified atom stereocenters. The predicted octanol–water partition coefficient (Wildman–Crippen LogP) is 3.23. The molecule has 0 bridgehead atoms. The number of aromatic hydroxyl groups is 1. The first-order valence-corrected chi connectivity index (χ1v) is 7.73. The Morgan fingerprint density at radius 3 is 2.81 bits per heavy atom. The Balaban J connectivity index is 1.82. The van der Waals surface area contributed by atoms with Crippen LogP contribution >= 0.6 is 0 Å². The van der Waals surface area contributed by atoms with Gasteiger partial charge in [0.15, 0.2) is 11.6 Å². The lowest BCUT2D eigenvalue weighted by Crippen LogP contribution is -2.10. The van der Waals surface area contributed by atoms with E-state index in [0.717, 1.165) is 5.56 Å². The van der Waals surface area contributed by atoms with Crippen LogP contribution in [0.3, 0.4) is 0 Å². The Hall–Kier alpha value is -3.79. The summed E-state index contributed by atoms with van der Waals surface area (Å²) in [6, 6.07) is 13.5. The number of benzene rings is 2. The second-order valence-electron chi connectivity index (χ2n) is 5.63. The number of nitrogens with one attached hydrogen (secondary N) is 1. The van der Waals surface area contributed by atoms with Gasteiger partial charge in [-0.15, -0.1) is 0 Å². The monoisotopic (exact) mass is 349 g/mol. The number of aliphatic hydroxyl groups is 1. The maximum atomic E-state index is 12.1. The number of hydrogen-bond acceptors (Lipinski definition) is 6. The number of ether oxygens (including phenoxy) is 1. The molecule has 3 rings (SSSR count). The van der Waals surface area contributed by atoms with Gasteiger partial charge in [0.25, 0.3) is 0 Å². The molecule has 0 atom stereocenters. The molecule has 7 nitrogen and oxygen atoms in total.